The van der Waals surface area contributed by atoms with Gasteiger partial charge in [-0.05, 0) is 63.6 Å². The second-order valence-electron chi connectivity index (χ2n) is 13.2. The molecule has 9 heteroatoms. The van der Waals surface area contributed by atoms with Crippen LogP contribution in [0.15, 0.2) is 67.3 Å². The Bertz CT molecular complexity index is 1570. The fourth-order valence-corrected chi connectivity index (χ4v) is 5.52. The number of aryl methyl sites for hydroxylation is 1. The van der Waals surface area contributed by atoms with Crippen molar-refractivity contribution in [1.29, 1.82) is 0 Å². The van der Waals surface area contributed by atoms with E-state index < -0.39 is 17.7 Å². The van der Waals surface area contributed by atoms with E-state index in [1.807, 2.05) is 75.1 Å². The van der Waals surface area contributed by atoms with Gasteiger partial charge >= 0.3 is 5.97 Å². The zero-order valence-corrected chi connectivity index (χ0v) is 26.6. The summed E-state index contributed by atoms with van der Waals surface area (Å²) in [5, 5.41) is 14.8. The van der Waals surface area contributed by atoms with Gasteiger partial charge in [0.05, 0.1) is 35.9 Å². The van der Waals surface area contributed by atoms with Crippen molar-refractivity contribution >= 4 is 11.7 Å². The summed E-state index contributed by atoms with van der Waals surface area (Å²) in [6.45, 7) is 14.7. The Morgan fingerprint density at radius 3 is 2.36 bits per heavy atom. The molecule has 1 aromatic carbocycles. The van der Waals surface area contributed by atoms with Gasteiger partial charge in [0, 0.05) is 47.9 Å². The van der Waals surface area contributed by atoms with Gasteiger partial charge in [-0.1, -0.05) is 44.2 Å². The highest BCUT2D eigenvalue weighted by atomic mass is 16.5. The van der Waals surface area contributed by atoms with E-state index in [4.69, 9.17) is 14.5 Å². The summed E-state index contributed by atoms with van der Waals surface area (Å²) in [4.78, 5) is 24.3. The van der Waals surface area contributed by atoms with Crippen LogP contribution < -0.4 is 9.64 Å². The molecule has 4 aromatic rings. The highest BCUT2D eigenvalue weighted by Crippen LogP contribution is 2.43. The molecule has 0 saturated carbocycles. The third kappa shape index (κ3) is 7.45. The molecule has 5 rings (SSSR count). The Hall–Kier alpha value is -4.24. The number of carbonyl (C=O) groups is 1. The first-order chi connectivity index (χ1) is 20.9. The molecule has 3 aromatic heterocycles. The van der Waals surface area contributed by atoms with Gasteiger partial charge in [0.25, 0.3) is 0 Å². The second kappa shape index (κ2) is 12.8. The molecule has 1 N–H and O–H groups in total. The molecule has 1 fully saturated rings. The lowest BCUT2D eigenvalue weighted by Crippen LogP contribution is -2.39. The number of aliphatic carboxylic acids is 1. The predicted octanol–water partition coefficient (Wildman–Crippen LogP) is 6.96. The third-order valence-corrected chi connectivity index (χ3v) is 8.02. The number of pyridine rings is 2. The van der Waals surface area contributed by atoms with Gasteiger partial charge in [0.1, 0.15) is 12.4 Å². The molecule has 9 nitrogen and oxygen atoms in total. The minimum atomic E-state index is -1.17. The first-order valence-corrected chi connectivity index (χ1v) is 15.2. The summed E-state index contributed by atoms with van der Waals surface area (Å²) in [7, 11) is 0. The summed E-state index contributed by atoms with van der Waals surface area (Å²) in [6, 6.07) is 14.0. The van der Waals surface area contributed by atoms with Crippen LogP contribution in [0.5, 0.6) is 5.75 Å². The molecular weight excluding hydrogens is 554 g/mol. The molecule has 0 spiro atoms. The van der Waals surface area contributed by atoms with Crippen LogP contribution in [0.3, 0.4) is 0 Å². The lowest BCUT2D eigenvalue weighted by molar-refractivity contribution is -0.160. The SMILES string of the molecule is Cc1ncc(-c2ccc(OCCn3cc(-c4ccccc4)cn3)cn2)c(N2CCC(C)(C)CC2)c1[C@H](OC(C)(C)C)C(=O)O. The summed E-state index contributed by atoms with van der Waals surface area (Å²) < 4.78 is 14.0. The van der Waals surface area contributed by atoms with E-state index in [1.165, 1.54) is 0 Å². The van der Waals surface area contributed by atoms with Crippen LogP contribution in [0.1, 0.15) is 64.8 Å². The van der Waals surface area contributed by atoms with Crippen LogP contribution in [-0.4, -0.2) is 56.1 Å². The van der Waals surface area contributed by atoms with Crippen LogP contribution in [0.4, 0.5) is 5.69 Å². The van der Waals surface area contributed by atoms with Crippen molar-refractivity contribution < 1.29 is 19.4 Å². The summed E-state index contributed by atoms with van der Waals surface area (Å²) >= 11 is 0. The van der Waals surface area contributed by atoms with E-state index in [1.54, 1.807) is 12.4 Å². The van der Waals surface area contributed by atoms with Crippen molar-refractivity contribution in [2.24, 2.45) is 5.41 Å². The van der Waals surface area contributed by atoms with E-state index in [0.717, 1.165) is 48.3 Å². The Morgan fingerprint density at radius 1 is 1.00 bits per heavy atom. The van der Waals surface area contributed by atoms with Crippen LogP contribution in [0.2, 0.25) is 0 Å². The van der Waals surface area contributed by atoms with Gasteiger partial charge in [0.15, 0.2) is 6.10 Å². The molecule has 1 atom stereocenters. The standard InChI is InChI=1S/C35H43N5O4/c1-24-30(32(33(41)42)44-34(2,3)4)31(39-16-14-35(5,6)15-17-39)28(22-36-24)29-13-12-27(21-37-29)43-19-18-40-23-26(20-38-40)25-10-8-7-9-11-25/h7-13,20-23,32H,14-19H2,1-6H3,(H,41,42)/t32-/m0/s1. The first kappa shape index (κ1) is 31.2. The smallest absolute Gasteiger partial charge is 0.337 e. The average Bonchev–Trinajstić information content (AvgIpc) is 3.45. The number of aromatic nitrogens is 4. The van der Waals surface area contributed by atoms with Crippen LogP contribution in [-0.2, 0) is 16.1 Å². The van der Waals surface area contributed by atoms with Crippen LogP contribution >= 0.6 is 0 Å². The van der Waals surface area contributed by atoms with Crippen molar-refractivity contribution in [3.05, 3.63) is 78.5 Å². The minimum Gasteiger partial charge on any atom is -0.490 e. The van der Waals surface area contributed by atoms with Gasteiger partial charge < -0.3 is 19.5 Å². The average molecular weight is 598 g/mol. The Balaban J connectivity index is 1.39. The van der Waals surface area contributed by atoms with Crippen molar-refractivity contribution in [3.8, 4) is 28.1 Å². The highest BCUT2D eigenvalue weighted by Gasteiger charge is 2.36. The summed E-state index contributed by atoms with van der Waals surface area (Å²) in [6.07, 6.45) is 8.20. The monoisotopic (exact) mass is 597 g/mol. The highest BCUT2D eigenvalue weighted by molar-refractivity contribution is 5.85. The lowest BCUT2D eigenvalue weighted by atomic mass is 9.82. The largest absolute Gasteiger partial charge is 0.490 e. The molecule has 1 aliphatic rings. The molecule has 0 amide bonds. The Morgan fingerprint density at radius 2 is 1.73 bits per heavy atom. The maximum absolute atomic E-state index is 12.6. The number of carboxylic acid groups (broad SMARTS) is 1. The van der Waals surface area contributed by atoms with Crippen molar-refractivity contribution in [2.75, 3.05) is 24.6 Å². The topological polar surface area (TPSA) is 103 Å². The molecule has 0 aliphatic carbocycles. The predicted molar refractivity (Wildman–Crippen MR) is 172 cm³/mol. The number of rotatable bonds is 10. The van der Waals surface area contributed by atoms with Gasteiger partial charge in [-0.3, -0.25) is 14.6 Å². The second-order valence-corrected chi connectivity index (χ2v) is 13.2. The molecule has 1 aliphatic heterocycles. The van der Waals surface area contributed by atoms with Crippen molar-refractivity contribution in [2.45, 2.75) is 72.6 Å². The lowest BCUT2D eigenvalue weighted by Gasteiger charge is -2.40. The summed E-state index contributed by atoms with van der Waals surface area (Å²) in [5.74, 6) is -0.393. The number of hydrogen-bond acceptors (Lipinski definition) is 7. The zero-order chi connectivity index (χ0) is 31.5. The van der Waals surface area contributed by atoms with Gasteiger partial charge in [-0.15, -0.1) is 0 Å². The van der Waals surface area contributed by atoms with E-state index in [-0.39, 0.29) is 5.41 Å². The van der Waals surface area contributed by atoms with Crippen molar-refractivity contribution in [3.63, 3.8) is 0 Å². The van der Waals surface area contributed by atoms with E-state index in [0.29, 0.717) is 35.9 Å². The van der Waals surface area contributed by atoms with Crippen LogP contribution in [0.25, 0.3) is 22.4 Å². The molecule has 1 saturated heterocycles. The molecule has 0 bridgehead atoms. The van der Waals surface area contributed by atoms with Gasteiger partial charge in [0.2, 0.25) is 0 Å². The number of carboxylic acids is 1. The number of piperidine rings is 1. The number of benzene rings is 1. The quantitative estimate of drug-likeness (QED) is 0.209. The fourth-order valence-electron chi connectivity index (χ4n) is 5.52. The van der Waals surface area contributed by atoms with E-state index >= 15 is 0 Å². The first-order valence-electron chi connectivity index (χ1n) is 15.2. The Labute approximate surface area is 259 Å². The summed E-state index contributed by atoms with van der Waals surface area (Å²) in [5.41, 5.74) is 5.29. The Kier molecular flexibility index (Phi) is 9.06. The minimum absolute atomic E-state index is 0.226. The van der Waals surface area contributed by atoms with Gasteiger partial charge in [-0.25, -0.2) is 4.79 Å². The maximum atomic E-state index is 12.6. The maximum Gasteiger partial charge on any atom is 0.337 e. The molecule has 4 heterocycles. The molecular formula is C35H43N5O4. The van der Waals surface area contributed by atoms with E-state index in [9.17, 15) is 9.90 Å². The molecule has 44 heavy (non-hydrogen) atoms. The number of hydrogen-bond donors (Lipinski definition) is 1. The number of ether oxygens (including phenoxy) is 2. The molecule has 0 unspecified atom stereocenters. The zero-order valence-electron chi connectivity index (χ0n) is 26.6. The van der Waals surface area contributed by atoms with E-state index in [2.05, 4.69) is 41.0 Å². The van der Waals surface area contributed by atoms with Crippen LogP contribution in [0, 0.1) is 12.3 Å². The molecule has 232 valence electrons. The third-order valence-electron chi connectivity index (χ3n) is 8.02. The van der Waals surface area contributed by atoms with Gasteiger partial charge in [-0.2, -0.15) is 5.10 Å². The fraction of sp³-hybridized carbons (Fsp3) is 0.429. The molecule has 0 radical (unpaired) electrons. The van der Waals surface area contributed by atoms with Crippen molar-refractivity contribution in [1.82, 2.24) is 19.7 Å². The normalized spacial score (nSPS) is 15.6. The number of anilines is 1. The number of nitrogens with zero attached hydrogens (tertiary/aromatic N) is 5.